The van der Waals surface area contributed by atoms with E-state index in [0.717, 1.165) is 17.7 Å². The third-order valence-electron chi connectivity index (χ3n) is 5.33. The van der Waals surface area contributed by atoms with Gasteiger partial charge in [-0.1, -0.05) is 36.4 Å². The highest BCUT2D eigenvalue weighted by atomic mass is 19.1. The Balaban J connectivity index is 2.11. The van der Waals surface area contributed by atoms with Gasteiger partial charge in [-0.15, -0.1) is 0 Å². The Morgan fingerprint density at radius 3 is 2.37 bits per heavy atom. The van der Waals surface area contributed by atoms with E-state index in [2.05, 4.69) is 5.32 Å². The van der Waals surface area contributed by atoms with Crippen LogP contribution in [0.15, 0.2) is 59.8 Å². The summed E-state index contributed by atoms with van der Waals surface area (Å²) in [7, 11) is 0. The first kappa shape index (κ1) is 21.5. The molecule has 1 atom stereocenters. The number of benzene rings is 2. The number of carbonyl (C=O) groups excluding carboxylic acids is 2. The van der Waals surface area contributed by atoms with Crippen molar-refractivity contribution in [2.75, 3.05) is 13.1 Å². The van der Waals surface area contributed by atoms with E-state index in [9.17, 15) is 18.4 Å². The van der Waals surface area contributed by atoms with Crippen molar-refractivity contribution in [3.05, 3.63) is 82.6 Å². The van der Waals surface area contributed by atoms with Crippen LogP contribution in [-0.2, 0) is 11.3 Å². The van der Waals surface area contributed by atoms with Crippen molar-refractivity contribution in [1.29, 1.82) is 0 Å². The van der Waals surface area contributed by atoms with E-state index in [4.69, 9.17) is 0 Å². The molecule has 0 aromatic heterocycles. The highest BCUT2D eigenvalue weighted by molar-refractivity contribution is 5.98. The van der Waals surface area contributed by atoms with Crippen LogP contribution in [0.4, 0.5) is 13.6 Å². The topological polar surface area (TPSA) is 52.7 Å². The zero-order valence-corrected chi connectivity index (χ0v) is 17.3. The second kappa shape index (κ2) is 9.07. The Bertz CT molecular complexity index is 972. The number of likely N-dealkylation sites (N-methyl/N-ethyl adjacent to an activating group) is 1. The van der Waals surface area contributed by atoms with Crippen LogP contribution in [0.2, 0.25) is 0 Å². The second-order valence-corrected chi connectivity index (χ2v) is 7.10. The van der Waals surface area contributed by atoms with E-state index in [-0.39, 0.29) is 23.6 Å². The molecule has 1 aliphatic rings. The number of hydrogen-bond acceptors (Lipinski definition) is 2. The molecule has 0 radical (unpaired) electrons. The number of halogens is 2. The number of nitrogens with zero attached hydrogens (tertiary/aromatic N) is 2. The van der Waals surface area contributed by atoms with Crippen molar-refractivity contribution in [1.82, 2.24) is 15.1 Å². The van der Waals surface area contributed by atoms with Gasteiger partial charge in [0.15, 0.2) is 0 Å². The molecule has 1 heterocycles. The Morgan fingerprint density at radius 1 is 1.10 bits per heavy atom. The third kappa shape index (κ3) is 4.20. The van der Waals surface area contributed by atoms with Gasteiger partial charge in [-0.2, -0.15) is 0 Å². The average Bonchev–Trinajstić information content (AvgIpc) is 2.72. The first-order chi connectivity index (χ1) is 14.4. The summed E-state index contributed by atoms with van der Waals surface area (Å²) >= 11 is 0. The van der Waals surface area contributed by atoms with Gasteiger partial charge in [-0.3, -0.25) is 9.69 Å². The number of nitrogens with one attached hydrogen (secondary N) is 1. The van der Waals surface area contributed by atoms with Crippen LogP contribution in [-0.4, -0.2) is 34.8 Å². The smallest absolute Gasteiger partial charge is 0.322 e. The molecular weight excluding hydrogens is 388 g/mol. The van der Waals surface area contributed by atoms with Crippen LogP contribution in [0, 0.1) is 11.6 Å². The van der Waals surface area contributed by atoms with E-state index in [1.54, 1.807) is 11.8 Å². The minimum Gasteiger partial charge on any atom is -0.339 e. The lowest BCUT2D eigenvalue weighted by Gasteiger charge is -2.37. The maximum Gasteiger partial charge on any atom is 0.322 e. The van der Waals surface area contributed by atoms with Crippen molar-refractivity contribution in [2.24, 2.45) is 0 Å². The summed E-state index contributed by atoms with van der Waals surface area (Å²) < 4.78 is 28.0. The molecule has 2 aromatic rings. The summed E-state index contributed by atoms with van der Waals surface area (Å²) in [5, 5.41) is 2.75. The highest BCUT2D eigenvalue weighted by Gasteiger charge is 2.38. The third-order valence-corrected chi connectivity index (χ3v) is 5.33. The van der Waals surface area contributed by atoms with Crippen LogP contribution in [0.5, 0.6) is 0 Å². The molecule has 0 saturated carbocycles. The van der Waals surface area contributed by atoms with E-state index < -0.39 is 23.7 Å². The molecular formula is C23H25F2N3O2. The number of urea groups is 1. The molecule has 0 saturated heterocycles. The van der Waals surface area contributed by atoms with Gasteiger partial charge in [0.25, 0.3) is 5.91 Å². The zero-order chi connectivity index (χ0) is 21.8. The van der Waals surface area contributed by atoms with E-state index in [1.807, 2.05) is 44.2 Å². The quantitative estimate of drug-likeness (QED) is 0.764. The molecule has 3 rings (SSSR count). The van der Waals surface area contributed by atoms with Gasteiger partial charge in [0, 0.05) is 30.4 Å². The van der Waals surface area contributed by atoms with E-state index in [0.29, 0.717) is 18.8 Å². The predicted molar refractivity (Wildman–Crippen MR) is 110 cm³/mol. The fraction of sp³-hybridized carbons (Fsp3) is 0.304. The molecule has 0 bridgehead atoms. The fourth-order valence-corrected chi connectivity index (χ4v) is 3.66. The van der Waals surface area contributed by atoms with Crippen molar-refractivity contribution in [2.45, 2.75) is 33.4 Å². The average molecular weight is 413 g/mol. The lowest BCUT2D eigenvalue weighted by Crippen LogP contribution is -2.49. The molecule has 30 heavy (non-hydrogen) atoms. The maximum atomic E-state index is 14.6. The fourth-order valence-electron chi connectivity index (χ4n) is 3.66. The number of carbonyl (C=O) groups is 2. The molecule has 0 unspecified atom stereocenters. The van der Waals surface area contributed by atoms with Gasteiger partial charge in [0.2, 0.25) is 0 Å². The van der Waals surface area contributed by atoms with E-state index >= 15 is 0 Å². The molecule has 3 amide bonds. The molecule has 0 aliphatic carbocycles. The van der Waals surface area contributed by atoms with Crippen molar-refractivity contribution in [3.63, 3.8) is 0 Å². The first-order valence-corrected chi connectivity index (χ1v) is 9.94. The Labute approximate surface area is 175 Å². The minimum absolute atomic E-state index is 0.0546. The SMILES string of the molecule is CCN(CC)C(=O)C1=C(C)N(Cc2ccccc2)C(=O)N[C@H]1c1ccc(F)cc1F. The van der Waals surface area contributed by atoms with Gasteiger partial charge in [-0.05, 0) is 32.4 Å². The zero-order valence-electron chi connectivity index (χ0n) is 17.3. The molecule has 0 fully saturated rings. The predicted octanol–water partition coefficient (Wildman–Crippen LogP) is 4.37. The largest absolute Gasteiger partial charge is 0.339 e. The van der Waals surface area contributed by atoms with Gasteiger partial charge in [0.1, 0.15) is 11.6 Å². The summed E-state index contributed by atoms with van der Waals surface area (Å²) in [6.45, 7) is 6.61. The highest BCUT2D eigenvalue weighted by Crippen LogP contribution is 2.34. The minimum atomic E-state index is -1.00. The van der Waals surface area contributed by atoms with Crippen LogP contribution in [0.1, 0.15) is 37.9 Å². The van der Waals surface area contributed by atoms with Crippen LogP contribution in [0.3, 0.4) is 0 Å². The lowest BCUT2D eigenvalue weighted by molar-refractivity contribution is -0.127. The van der Waals surface area contributed by atoms with Crippen LogP contribution < -0.4 is 5.32 Å². The summed E-state index contributed by atoms with van der Waals surface area (Å²) in [4.78, 5) is 29.3. The van der Waals surface area contributed by atoms with Crippen molar-refractivity contribution >= 4 is 11.9 Å². The molecule has 7 heteroatoms. The Morgan fingerprint density at radius 2 is 1.77 bits per heavy atom. The number of rotatable bonds is 6. The number of hydrogen-bond donors (Lipinski definition) is 1. The number of amides is 3. The number of allylic oxidation sites excluding steroid dienone is 1. The molecule has 1 N–H and O–H groups in total. The summed E-state index contributed by atoms with van der Waals surface area (Å²) in [5.41, 5.74) is 1.68. The van der Waals surface area contributed by atoms with Crippen LogP contribution in [0.25, 0.3) is 0 Å². The Kier molecular flexibility index (Phi) is 6.50. The van der Waals surface area contributed by atoms with Gasteiger partial charge in [-0.25, -0.2) is 13.6 Å². The first-order valence-electron chi connectivity index (χ1n) is 9.94. The summed E-state index contributed by atoms with van der Waals surface area (Å²) in [6, 6.07) is 11.1. The Hall–Kier alpha value is -3.22. The molecule has 2 aromatic carbocycles. The molecule has 1 aliphatic heterocycles. The van der Waals surface area contributed by atoms with Gasteiger partial charge < -0.3 is 10.2 Å². The van der Waals surface area contributed by atoms with Crippen molar-refractivity contribution in [3.8, 4) is 0 Å². The second-order valence-electron chi connectivity index (χ2n) is 7.10. The molecule has 158 valence electrons. The summed E-state index contributed by atoms with van der Waals surface area (Å²) in [5.74, 6) is -1.82. The van der Waals surface area contributed by atoms with Gasteiger partial charge >= 0.3 is 6.03 Å². The van der Waals surface area contributed by atoms with E-state index in [1.165, 1.54) is 11.0 Å². The lowest BCUT2D eigenvalue weighted by atomic mass is 9.93. The van der Waals surface area contributed by atoms with Gasteiger partial charge in [0.05, 0.1) is 18.2 Å². The van der Waals surface area contributed by atoms with Crippen molar-refractivity contribution < 1.29 is 18.4 Å². The molecule has 0 spiro atoms. The summed E-state index contributed by atoms with van der Waals surface area (Å²) in [6.07, 6.45) is 0. The monoisotopic (exact) mass is 413 g/mol. The normalized spacial score (nSPS) is 16.5. The standard InChI is InChI=1S/C23H25F2N3O2/c1-4-27(5-2)22(29)20-15(3)28(14-16-9-7-6-8-10-16)23(30)26-21(20)18-12-11-17(24)13-19(18)25/h6-13,21H,4-5,14H2,1-3H3,(H,26,30)/t21-/m0/s1. The van der Waals surface area contributed by atoms with Crippen LogP contribution >= 0.6 is 0 Å². The maximum absolute atomic E-state index is 14.6. The molecule has 5 nitrogen and oxygen atoms in total.